The Labute approximate surface area is 111 Å². The quantitative estimate of drug-likeness (QED) is 0.921. The van der Waals surface area contributed by atoms with Crippen molar-refractivity contribution in [2.75, 3.05) is 5.73 Å². The molecule has 3 rings (SSSR count). The molecule has 0 saturated carbocycles. The molecule has 2 heterocycles. The predicted octanol–water partition coefficient (Wildman–Crippen LogP) is 3.35. The van der Waals surface area contributed by atoms with Crippen LogP contribution < -0.4 is 5.73 Å². The van der Waals surface area contributed by atoms with Gasteiger partial charge in [0.05, 0.1) is 5.39 Å². The lowest BCUT2D eigenvalue weighted by Gasteiger charge is -2.05. The largest absolute Gasteiger partial charge is 0.383 e. The number of thiophene rings is 1. The second kappa shape index (κ2) is 4.50. The first-order valence-electron chi connectivity index (χ1n) is 6.71. The maximum Gasteiger partial charge on any atom is 0.136 e. The Bertz CT molecular complexity index is 586. The maximum atomic E-state index is 6.14. The molecule has 0 spiro atoms. The van der Waals surface area contributed by atoms with Crippen LogP contribution in [0.15, 0.2) is 0 Å². The first-order chi connectivity index (χ1) is 8.65. The van der Waals surface area contributed by atoms with E-state index in [9.17, 15) is 0 Å². The van der Waals surface area contributed by atoms with Crippen LogP contribution >= 0.6 is 11.3 Å². The molecular formula is C14H19N3S. The van der Waals surface area contributed by atoms with Crippen molar-refractivity contribution in [1.82, 2.24) is 9.97 Å². The van der Waals surface area contributed by atoms with Crippen LogP contribution in [-0.4, -0.2) is 9.97 Å². The summed E-state index contributed by atoms with van der Waals surface area (Å²) < 4.78 is 0. The zero-order valence-electron chi connectivity index (χ0n) is 11.0. The summed E-state index contributed by atoms with van der Waals surface area (Å²) in [4.78, 5) is 11.8. The highest BCUT2D eigenvalue weighted by atomic mass is 32.1. The molecule has 0 unspecified atom stereocenters. The van der Waals surface area contributed by atoms with Crippen molar-refractivity contribution in [1.29, 1.82) is 0 Å². The second-order valence-corrected chi connectivity index (χ2v) is 6.58. The molecule has 18 heavy (non-hydrogen) atoms. The summed E-state index contributed by atoms with van der Waals surface area (Å²) >= 11 is 1.82. The summed E-state index contributed by atoms with van der Waals surface area (Å²) in [5.41, 5.74) is 7.56. The molecule has 2 N–H and O–H groups in total. The number of aryl methyl sites for hydroxylation is 3. The predicted molar refractivity (Wildman–Crippen MR) is 77.0 cm³/mol. The van der Waals surface area contributed by atoms with Crippen molar-refractivity contribution in [3.8, 4) is 0 Å². The first kappa shape index (κ1) is 11.9. The minimum atomic E-state index is 0.680. The highest BCUT2D eigenvalue weighted by Gasteiger charge is 2.21. The Morgan fingerprint density at radius 3 is 2.89 bits per heavy atom. The fraction of sp³-hybridized carbons (Fsp3) is 0.571. The number of hydrogen-bond acceptors (Lipinski definition) is 4. The first-order valence-corrected chi connectivity index (χ1v) is 7.53. The minimum Gasteiger partial charge on any atom is -0.383 e. The smallest absolute Gasteiger partial charge is 0.136 e. The highest BCUT2D eigenvalue weighted by Crippen LogP contribution is 2.38. The van der Waals surface area contributed by atoms with E-state index < -0.39 is 0 Å². The van der Waals surface area contributed by atoms with E-state index in [1.165, 1.54) is 23.3 Å². The van der Waals surface area contributed by atoms with E-state index in [1.54, 1.807) is 0 Å². The summed E-state index contributed by atoms with van der Waals surface area (Å²) in [6.07, 6.45) is 5.65. The lowest BCUT2D eigenvalue weighted by molar-refractivity contribution is 0.576. The van der Waals surface area contributed by atoms with Crippen LogP contribution in [-0.2, 0) is 19.3 Å². The monoisotopic (exact) mass is 261 g/mol. The van der Waals surface area contributed by atoms with Gasteiger partial charge in [-0.25, -0.2) is 9.97 Å². The molecule has 0 radical (unpaired) electrons. The fourth-order valence-electron chi connectivity index (χ4n) is 2.60. The number of hydrogen-bond donors (Lipinski definition) is 1. The van der Waals surface area contributed by atoms with Gasteiger partial charge in [-0.1, -0.05) is 13.8 Å². The van der Waals surface area contributed by atoms with Crippen molar-refractivity contribution >= 4 is 27.4 Å². The van der Waals surface area contributed by atoms with Crippen LogP contribution in [0.25, 0.3) is 10.2 Å². The lowest BCUT2D eigenvalue weighted by Crippen LogP contribution is -2.02. The number of fused-ring (bicyclic) bond motifs is 3. The number of aromatic nitrogens is 2. The fourth-order valence-corrected chi connectivity index (χ4v) is 3.89. The van der Waals surface area contributed by atoms with Gasteiger partial charge in [-0.15, -0.1) is 11.3 Å². The molecule has 4 heteroatoms. The van der Waals surface area contributed by atoms with Crippen molar-refractivity contribution in [3.05, 3.63) is 16.3 Å². The molecule has 0 fully saturated rings. The van der Waals surface area contributed by atoms with Gasteiger partial charge in [0.15, 0.2) is 0 Å². The van der Waals surface area contributed by atoms with Crippen LogP contribution in [0, 0.1) is 5.92 Å². The van der Waals surface area contributed by atoms with E-state index in [0.29, 0.717) is 11.7 Å². The average molecular weight is 261 g/mol. The van der Waals surface area contributed by atoms with Gasteiger partial charge in [-0.3, -0.25) is 0 Å². The molecule has 2 aromatic heterocycles. The highest BCUT2D eigenvalue weighted by molar-refractivity contribution is 7.19. The van der Waals surface area contributed by atoms with E-state index in [2.05, 4.69) is 18.8 Å². The Morgan fingerprint density at radius 2 is 2.11 bits per heavy atom. The SMILES string of the molecule is CC(C)CCc1nc(N)c2c3c(sc2n1)CCC3. The number of nitrogens with zero attached hydrogens (tertiary/aromatic N) is 2. The van der Waals surface area contributed by atoms with E-state index in [-0.39, 0.29) is 0 Å². The summed E-state index contributed by atoms with van der Waals surface area (Å²) in [6, 6.07) is 0. The molecule has 0 saturated heterocycles. The molecule has 3 nitrogen and oxygen atoms in total. The van der Waals surface area contributed by atoms with Crippen LogP contribution in [0.4, 0.5) is 5.82 Å². The Kier molecular flexibility index (Phi) is 2.98. The zero-order chi connectivity index (χ0) is 12.7. The van der Waals surface area contributed by atoms with E-state index in [1.807, 2.05) is 11.3 Å². The normalized spacial score (nSPS) is 14.6. The van der Waals surface area contributed by atoms with Gasteiger partial charge < -0.3 is 5.73 Å². The van der Waals surface area contributed by atoms with E-state index in [4.69, 9.17) is 10.7 Å². The van der Waals surface area contributed by atoms with Crippen molar-refractivity contribution in [3.63, 3.8) is 0 Å². The van der Waals surface area contributed by atoms with Crippen molar-refractivity contribution < 1.29 is 0 Å². The topological polar surface area (TPSA) is 51.8 Å². The van der Waals surface area contributed by atoms with Crippen LogP contribution in [0.5, 0.6) is 0 Å². The van der Waals surface area contributed by atoms with Gasteiger partial charge in [0.1, 0.15) is 16.5 Å². The number of rotatable bonds is 3. The summed E-state index contributed by atoms with van der Waals surface area (Å²) in [5, 5.41) is 1.14. The average Bonchev–Trinajstić information content (AvgIpc) is 2.85. The molecule has 0 aliphatic heterocycles. The molecule has 0 atom stereocenters. The third-order valence-electron chi connectivity index (χ3n) is 3.58. The minimum absolute atomic E-state index is 0.680. The third-order valence-corrected chi connectivity index (χ3v) is 4.77. The molecular weight excluding hydrogens is 242 g/mol. The number of nitrogens with two attached hydrogens (primary N) is 1. The van der Waals surface area contributed by atoms with Gasteiger partial charge in [0, 0.05) is 11.3 Å². The molecule has 0 bridgehead atoms. The van der Waals surface area contributed by atoms with Gasteiger partial charge in [-0.05, 0) is 37.2 Å². The molecule has 0 aromatic carbocycles. The van der Waals surface area contributed by atoms with Crippen LogP contribution in [0.2, 0.25) is 0 Å². The molecule has 1 aliphatic rings. The molecule has 2 aromatic rings. The Hall–Kier alpha value is -1.16. The van der Waals surface area contributed by atoms with Gasteiger partial charge in [0.25, 0.3) is 0 Å². The van der Waals surface area contributed by atoms with Crippen LogP contribution in [0.3, 0.4) is 0 Å². The standard InChI is InChI=1S/C14H19N3S/c1-8(2)6-7-11-16-13(15)12-9-4-3-5-10(9)18-14(12)17-11/h8H,3-7H2,1-2H3,(H2,15,16,17). The Morgan fingerprint density at radius 1 is 1.28 bits per heavy atom. The maximum absolute atomic E-state index is 6.14. The van der Waals surface area contributed by atoms with Crippen LogP contribution in [0.1, 0.15) is 43.0 Å². The number of nitrogen functional groups attached to an aromatic ring is 1. The Balaban J connectivity index is 2.01. The lowest BCUT2D eigenvalue weighted by atomic mass is 10.1. The summed E-state index contributed by atoms with van der Waals surface area (Å²) in [7, 11) is 0. The summed E-state index contributed by atoms with van der Waals surface area (Å²) in [6.45, 7) is 4.45. The molecule has 0 amide bonds. The molecule has 96 valence electrons. The zero-order valence-corrected chi connectivity index (χ0v) is 11.8. The van der Waals surface area contributed by atoms with E-state index in [0.717, 1.165) is 35.3 Å². The number of anilines is 1. The van der Waals surface area contributed by atoms with Gasteiger partial charge in [-0.2, -0.15) is 0 Å². The molecule has 1 aliphatic carbocycles. The van der Waals surface area contributed by atoms with Gasteiger partial charge in [0.2, 0.25) is 0 Å². The second-order valence-electron chi connectivity index (χ2n) is 5.50. The summed E-state index contributed by atoms with van der Waals surface area (Å²) in [5.74, 6) is 2.28. The third kappa shape index (κ3) is 1.99. The van der Waals surface area contributed by atoms with E-state index >= 15 is 0 Å². The van der Waals surface area contributed by atoms with Crippen molar-refractivity contribution in [2.45, 2.75) is 46.0 Å². The van der Waals surface area contributed by atoms with Gasteiger partial charge >= 0.3 is 0 Å². The van der Waals surface area contributed by atoms with Crippen molar-refractivity contribution in [2.24, 2.45) is 5.92 Å².